The van der Waals surface area contributed by atoms with Crippen LogP contribution in [0, 0.1) is 10.1 Å². The molecule has 2 heterocycles. The predicted octanol–water partition coefficient (Wildman–Crippen LogP) is 3.35. The highest BCUT2D eigenvalue weighted by molar-refractivity contribution is 7.54. The van der Waals surface area contributed by atoms with Crippen LogP contribution in [-0.4, -0.2) is 40.4 Å². The minimum Gasteiger partial charge on any atom is -0.298 e. The van der Waals surface area contributed by atoms with Crippen molar-refractivity contribution in [1.82, 2.24) is 9.34 Å². The van der Waals surface area contributed by atoms with E-state index in [1.54, 1.807) is 16.3 Å². The van der Waals surface area contributed by atoms with Gasteiger partial charge in [0.1, 0.15) is 0 Å². The van der Waals surface area contributed by atoms with Crippen LogP contribution < -0.4 is 0 Å². The molecule has 2 aliphatic heterocycles. The number of nitro groups is 1. The first-order chi connectivity index (χ1) is 10.8. The summed E-state index contributed by atoms with van der Waals surface area (Å²) in [5, 5.41) is 10.8. The lowest BCUT2D eigenvalue weighted by molar-refractivity contribution is -0.386. The summed E-state index contributed by atoms with van der Waals surface area (Å²) in [4.78, 5) is 9.97. The second-order valence-electron chi connectivity index (χ2n) is 5.52. The fourth-order valence-electron chi connectivity index (χ4n) is 2.34. The zero-order chi connectivity index (χ0) is 16.8. The predicted molar refractivity (Wildman–Crippen MR) is 78.3 cm³/mol. The summed E-state index contributed by atoms with van der Waals surface area (Å²) < 4.78 is 48.1. The highest BCUT2D eigenvalue weighted by Gasteiger charge is 2.50. The molecule has 126 valence electrons. The number of hydrogen-bond acceptors (Lipinski definition) is 4. The molecular weight excluding hydrogens is 331 g/mol. The Hall–Kier alpha value is -1.41. The zero-order valence-electron chi connectivity index (χ0n) is 12.4. The van der Waals surface area contributed by atoms with Crippen molar-refractivity contribution in [2.24, 2.45) is 0 Å². The molecule has 1 atom stereocenters. The molecule has 2 saturated heterocycles. The Bertz CT molecular complexity index is 663. The summed E-state index contributed by atoms with van der Waals surface area (Å²) in [5.41, 5.74) is -0.943. The van der Waals surface area contributed by atoms with Crippen molar-refractivity contribution in [2.75, 3.05) is 26.2 Å². The Morgan fingerprint density at radius 2 is 1.83 bits per heavy atom. The number of benzene rings is 1. The maximum atomic E-state index is 13.0. The highest BCUT2D eigenvalue weighted by atomic mass is 31.2. The largest absolute Gasteiger partial charge is 0.346 e. The summed E-state index contributed by atoms with van der Waals surface area (Å²) in [6.07, 6.45) is -3.67. The fourth-order valence-corrected chi connectivity index (χ4v) is 4.69. The number of nitro benzene ring substituents is 1. The van der Waals surface area contributed by atoms with E-state index in [2.05, 4.69) is 0 Å². The lowest BCUT2D eigenvalue weighted by Crippen LogP contribution is -2.11. The number of halogens is 2. The molecule has 0 bridgehead atoms. The summed E-state index contributed by atoms with van der Waals surface area (Å²) in [7, 11) is -3.09. The number of rotatable bonds is 7. The molecule has 2 fully saturated rings. The Morgan fingerprint density at radius 3 is 2.26 bits per heavy atom. The molecule has 0 spiro atoms. The topological polar surface area (TPSA) is 75.5 Å². The van der Waals surface area contributed by atoms with E-state index in [4.69, 9.17) is 4.52 Å². The van der Waals surface area contributed by atoms with Gasteiger partial charge in [-0.05, 0) is 24.6 Å². The third kappa shape index (κ3) is 3.28. The maximum absolute atomic E-state index is 13.0. The smallest absolute Gasteiger partial charge is 0.298 e. The standard InChI is InChI=1S/C13H16F2N3O4P/c1-9(22-23(21,16-4-5-16)17-6-7-17)10-2-3-12(18(19)20)11(8-10)13(14)15/h2-3,8-9,13H,4-7H2,1H3. The summed E-state index contributed by atoms with van der Waals surface area (Å²) >= 11 is 0. The molecule has 0 N–H and O–H groups in total. The SMILES string of the molecule is CC(OP(=O)(N1CC1)N1CC1)c1ccc([N+](=O)[O-])c(C(F)F)c1. The highest BCUT2D eigenvalue weighted by Crippen LogP contribution is 2.63. The fraction of sp³-hybridized carbons (Fsp3) is 0.538. The van der Waals surface area contributed by atoms with Gasteiger partial charge in [-0.1, -0.05) is 0 Å². The molecule has 10 heteroatoms. The van der Waals surface area contributed by atoms with Gasteiger partial charge in [-0.15, -0.1) is 0 Å². The first-order valence-electron chi connectivity index (χ1n) is 7.18. The van der Waals surface area contributed by atoms with Gasteiger partial charge in [0.25, 0.3) is 12.1 Å². The van der Waals surface area contributed by atoms with Crippen LogP contribution in [0.4, 0.5) is 14.5 Å². The van der Waals surface area contributed by atoms with Crippen LogP contribution in [0.5, 0.6) is 0 Å². The third-order valence-electron chi connectivity index (χ3n) is 3.81. The molecular formula is C13H16F2N3O4P. The molecule has 1 aromatic carbocycles. The van der Waals surface area contributed by atoms with Crippen molar-refractivity contribution in [2.45, 2.75) is 19.5 Å². The number of nitrogens with zero attached hydrogens (tertiary/aromatic N) is 3. The molecule has 0 aliphatic carbocycles. The van der Waals surface area contributed by atoms with Crippen molar-refractivity contribution in [3.8, 4) is 0 Å². The van der Waals surface area contributed by atoms with Gasteiger partial charge < -0.3 is 0 Å². The van der Waals surface area contributed by atoms with Crippen LogP contribution >= 0.6 is 7.67 Å². The Balaban J connectivity index is 1.84. The molecule has 0 aromatic heterocycles. The number of alkyl halides is 2. The van der Waals surface area contributed by atoms with E-state index in [1.165, 1.54) is 6.07 Å². The van der Waals surface area contributed by atoms with E-state index in [0.29, 0.717) is 31.7 Å². The number of hydrogen-bond donors (Lipinski definition) is 0. The van der Waals surface area contributed by atoms with E-state index in [9.17, 15) is 23.5 Å². The molecule has 0 saturated carbocycles. The van der Waals surface area contributed by atoms with E-state index < -0.39 is 36.4 Å². The van der Waals surface area contributed by atoms with Crippen molar-refractivity contribution in [3.05, 3.63) is 39.4 Å². The van der Waals surface area contributed by atoms with Gasteiger partial charge in [-0.3, -0.25) is 19.2 Å². The van der Waals surface area contributed by atoms with Crippen LogP contribution in [0.3, 0.4) is 0 Å². The zero-order valence-corrected chi connectivity index (χ0v) is 13.3. The minimum atomic E-state index is -3.09. The minimum absolute atomic E-state index is 0.342. The molecule has 0 amide bonds. The van der Waals surface area contributed by atoms with Crippen LogP contribution in [0.15, 0.2) is 18.2 Å². The second kappa shape index (κ2) is 5.90. The maximum Gasteiger partial charge on any atom is 0.346 e. The normalized spacial score (nSPS) is 19.8. The Kier molecular flexibility index (Phi) is 4.22. The van der Waals surface area contributed by atoms with Gasteiger partial charge in [0.2, 0.25) is 0 Å². The van der Waals surface area contributed by atoms with Crippen LogP contribution in [0.2, 0.25) is 0 Å². The molecule has 23 heavy (non-hydrogen) atoms. The first kappa shape index (κ1) is 16.4. The van der Waals surface area contributed by atoms with E-state index >= 15 is 0 Å². The van der Waals surface area contributed by atoms with E-state index in [1.807, 2.05) is 0 Å². The van der Waals surface area contributed by atoms with Gasteiger partial charge in [-0.2, -0.15) is 0 Å². The molecule has 1 aromatic rings. The summed E-state index contributed by atoms with van der Waals surface area (Å²) in [6.45, 7) is 4.34. The van der Waals surface area contributed by atoms with Crippen LogP contribution in [-0.2, 0) is 9.09 Å². The van der Waals surface area contributed by atoms with Gasteiger partial charge in [0, 0.05) is 32.2 Å². The Morgan fingerprint density at radius 1 is 1.26 bits per heavy atom. The van der Waals surface area contributed by atoms with Crippen molar-refractivity contribution in [3.63, 3.8) is 0 Å². The monoisotopic (exact) mass is 347 g/mol. The van der Waals surface area contributed by atoms with Gasteiger partial charge >= 0.3 is 7.67 Å². The molecule has 2 aliphatic rings. The molecule has 7 nitrogen and oxygen atoms in total. The van der Waals surface area contributed by atoms with Crippen molar-refractivity contribution < 1.29 is 22.8 Å². The molecule has 1 unspecified atom stereocenters. The molecule has 3 rings (SSSR count). The van der Waals surface area contributed by atoms with Gasteiger partial charge in [0.15, 0.2) is 0 Å². The van der Waals surface area contributed by atoms with E-state index in [-0.39, 0.29) is 0 Å². The quantitative estimate of drug-likeness (QED) is 0.326. The Labute approximate surface area is 131 Å². The van der Waals surface area contributed by atoms with Crippen molar-refractivity contribution >= 4 is 13.4 Å². The first-order valence-corrected chi connectivity index (χ1v) is 8.71. The van der Waals surface area contributed by atoms with Gasteiger partial charge in [-0.25, -0.2) is 18.1 Å². The molecule has 0 radical (unpaired) electrons. The van der Waals surface area contributed by atoms with Crippen molar-refractivity contribution in [1.29, 1.82) is 0 Å². The lowest BCUT2D eigenvalue weighted by Gasteiger charge is -2.24. The van der Waals surface area contributed by atoms with Gasteiger partial charge in [0.05, 0.1) is 16.6 Å². The van der Waals surface area contributed by atoms with Crippen LogP contribution in [0.1, 0.15) is 30.6 Å². The average molecular weight is 347 g/mol. The summed E-state index contributed by atoms with van der Waals surface area (Å²) in [5.74, 6) is 0. The summed E-state index contributed by atoms with van der Waals surface area (Å²) in [6, 6.07) is 3.46. The van der Waals surface area contributed by atoms with Crippen LogP contribution in [0.25, 0.3) is 0 Å². The van der Waals surface area contributed by atoms with E-state index in [0.717, 1.165) is 12.1 Å². The second-order valence-corrected chi connectivity index (χ2v) is 7.84. The lowest BCUT2D eigenvalue weighted by atomic mass is 10.1. The third-order valence-corrected chi connectivity index (χ3v) is 6.63. The average Bonchev–Trinajstić information content (AvgIpc) is 3.38.